The second-order valence-corrected chi connectivity index (χ2v) is 5.52. The molecular formula is C14H6F15. The molecule has 0 aliphatic carbocycles. The summed E-state index contributed by atoms with van der Waals surface area (Å²) in [6.07, 6.45) is -21.8. The Morgan fingerprint density at radius 2 is 0.793 bits per heavy atom. The molecule has 1 aromatic rings. The van der Waals surface area contributed by atoms with E-state index in [0.29, 0.717) is 0 Å². The van der Waals surface area contributed by atoms with Crippen LogP contribution in [0.3, 0.4) is 0 Å². The first-order valence-corrected chi connectivity index (χ1v) is 6.84. The minimum atomic E-state index is -6.73. The molecule has 0 unspecified atom stereocenters. The summed E-state index contributed by atoms with van der Waals surface area (Å²) in [5, 5.41) is 0. The third kappa shape index (κ3) is 4.09. The number of benzene rings is 1. The van der Waals surface area contributed by atoms with Gasteiger partial charge in [0.2, 0.25) is 0 Å². The number of rotatable bonds is 4. The maximum atomic E-state index is 13.6. The highest BCUT2D eigenvalue weighted by Gasteiger charge is 2.65. The molecule has 1 aromatic carbocycles. The summed E-state index contributed by atoms with van der Waals surface area (Å²) >= 11 is 0. The molecule has 15 heteroatoms. The zero-order chi connectivity index (χ0) is 23.4. The van der Waals surface area contributed by atoms with Crippen LogP contribution in [-0.4, -0.2) is 18.5 Å². The second-order valence-electron chi connectivity index (χ2n) is 5.52. The SMILES string of the molecule is [CH2]Cc1c(C(F)(F)C(F)(F)F)cc(C(F)(F)C(F)(F)F)cc1C(F)(F)C(F)(F)F. The quantitative estimate of drug-likeness (QED) is 0.425. The van der Waals surface area contributed by atoms with E-state index in [1.807, 2.05) is 0 Å². The van der Waals surface area contributed by atoms with Gasteiger partial charge in [-0.3, -0.25) is 0 Å². The Hall–Kier alpha value is -1.83. The molecule has 29 heavy (non-hydrogen) atoms. The standard InChI is InChI=1S/C14H6F15/c1-2-6-7(10(17,18)13(24,25)26)3-5(9(15,16)12(21,22)23)4-8(6)11(19,20)14(27,28)29/h3-4H,1-2H2. The molecule has 0 fully saturated rings. The average Bonchev–Trinajstić information content (AvgIpc) is 2.49. The van der Waals surface area contributed by atoms with Crippen molar-refractivity contribution in [1.29, 1.82) is 0 Å². The molecule has 0 N–H and O–H groups in total. The molecule has 167 valence electrons. The van der Waals surface area contributed by atoms with Crippen molar-refractivity contribution >= 4 is 0 Å². The van der Waals surface area contributed by atoms with Crippen LogP contribution in [0.25, 0.3) is 0 Å². The average molecular weight is 459 g/mol. The van der Waals surface area contributed by atoms with Crippen LogP contribution in [0.1, 0.15) is 22.3 Å². The second kappa shape index (κ2) is 6.86. The van der Waals surface area contributed by atoms with Crippen LogP contribution in [0.4, 0.5) is 65.9 Å². The number of alkyl halides is 15. The molecule has 0 aliphatic rings. The van der Waals surface area contributed by atoms with Gasteiger partial charge >= 0.3 is 36.3 Å². The summed E-state index contributed by atoms with van der Waals surface area (Å²) < 4.78 is 194. The molecule has 0 nitrogen and oxygen atoms in total. The zero-order valence-electron chi connectivity index (χ0n) is 13.2. The minimum absolute atomic E-state index is 1.11. The molecule has 0 saturated carbocycles. The van der Waals surface area contributed by atoms with Crippen LogP contribution in [0, 0.1) is 6.92 Å². The van der Waals surface area contributed by atoms with E-state index in [2.05, 4.69) is 6.92 Å². The lowest BCUT2D eigenvalue weighted by Gasteiger charge is -2.30. The van der Waals surface area contributed by atoms with Gasteiger partial charge in [0.05, 0.1) is 0 Å². The van der Waals surface area contributed by atoms with E-state index in [9.17, 15) is 65.9 Å². The van der Waals surface area contributed by atoms with Crippen LogP contribution in [0.5, 0.6) is 0 Å². The molecule has 0 atom stereocenters. The lowest BCUT2D eigenvalue weighted by Crippen LogP contribution is -2.40. The molecule has 0 aromatic heterocycles. The lowest BCUT2D eigenvalue weighted by molar-refractivity contribution is -0.295. The van der Waals surface area contributed by atoms with Gasteiger partial charge in [-0.2, -0.15) is 65.9 Å². The van der Waals surface area contributed by atoms with Gasteiger partial charge in [-0.1, -0.05) is 0 Å². The van der Waals surface area contributed by atoms with E-state index in [4.69, 9.17) is 0 Å². The molecule has 0 bridgehead atoms. The highest BCUT2D eigenvalue weighted by atomic mass is 19.4. The minimum Gasteiger partial charge on any atom is -0.191 e. The molecule has 0 heterocycles. The number of hydrogen-bond donors (Lipinski definition) is 0. The Labute approximate surface area is 151 Å². The van der Waals surface area contributed by atoms with Crippen molar-refractivity contribution in [1.82, 2.24) is 0 Å². The molecule has 0 spiro atoms. The molecular weight excluding hydrogens is 453 g/mol. The maximum Gasteiger partial charge on any atom is 0.458 e. The van der Waals surface area contributed by atoms with E-state index in [1.54, 1.807) is 0 Å². The van der Waals surface area contributed by atoms with E-state index in [0.717, 1.165) is 0 Å². The van der Waals surface area contributed by atoms with Crippen molar-refractivity contribution < 1.29 is 65.9 Å². The summed E-state index contributed by atoms with van der Waals surface area (Å²) in [5.41, 5.74) is -11.0. The topological polar surface area (TPSA) is 0 Å². The third-order valence-electron chi connectivity index (χ3n) is 3.61. The normalized spacial score (nSPS) is 15.0. The van der Waals surface area contributed by atoms with Crippen LogP contribution in [0.15, 0.2) is 12.1 Å². The van der Waals surface area contributed by atoms with E-state index in [1.165, 1.54) is 0 Å². The van der Waals surface area contributed by atoms with Crippen LogP contribution < -0.4 is 0 Å². The van der Waals surface area contributed by atoms with Gasteiger partial charge in [0.25, 0.3) is 0 Å². The molecule has 0 aliphatic heterocycles. The molecule has 1 radical (unpaired) electrons. The monoisotopic (exact) mass is 459 g/mol. The van der Waals surface area contributed by atoms with Crippen LogP contribution in [-0.2, 0) is 24.2 Å². The maximum absolute atomic E-state index is 13.6. The summed E-state index contributed by atoms with van der Waals surface area (Å²) in [4.78, 5) is 0. The Balaban J connectivity index is 4.16. The van der Waals surface area contributed by atoms with Crippen LogP contribution in [0.2, 0.25) is 0 Å². The predicted octanol–water partition coefficient (Wildman–Crippen LogP) is 7.03. The Kier molecular flexibility index (Phi) is 5.96. The third-order valence-corrected chi connectivity index (χ3v) is 3.61. The lowest BCUT2D eigenvalue weighted by atomic mass is 9.87. The largest absolute Gasteiger partial charge is 0.458 e. The highest BCUT2D eigenvalue weighted by Crippen LogP contribution is 2.53. The smallest absolute Gasteiger partial charge is 0.191 e. The summed E-state index contributed by atoms with van der Waals surface area (Å²) in [7, 11) is 0. The Morgan fingerprint density at radius 3 is 1.00 bits per heavy atom. The Bertz CT molecular complexity index is 701. The van der Waals surface area contributed by atoms with Gasteiger partial charge in [-0.25, -0.2) is 0 Å². The molecule has 1 rings (SSSR count). The zero-order valence-corrected chi connectivity index (χ0v) is 13.2. The van der Waals surface area contributed by atoms with E-state index >= 15 is 0 Å². The first-order chi connectivity index (χ1) is 12.5. The van der Waals surface area contributed by atoms with Crippen molar-refractivity contribution in [3.63, 3.8) is 0 Å². The van der Waals surface area contributed by atoms with Crippen molar-refractivity contribution in [2.45, 2.75) is 42.7 Å². The summed E-state index contributed by atoms with van der Waals surface area (Å²) in [6.45, 7) is 2.60. The van der Waals surface area contributed by atoms with Gasteiger partial charge < -0.3 is 0 Å². The fraction of sp³-hybridized carbons (Fsp3) is 0.500. The Morgan fingerprint density at radius 1 is 0.517 bits per heavy atom. The summed E-state index contributed by atoms with van der Waals surface area (Å²) in [5.74, 6) is -19.0. The van der Waals surface area contributed by atoms with Gasteiger partial charge in [0.1, 0.15) is 0 Å². The van der Waals surface area contributed by atoms with E-state index < -0.39 is 77.1 Å². The number of halogens is 15. The van der Waals surface area contributed by atoms with Crippen molar-refractivity contribution in [2.24, 2.45) is 0 Å². The predicted molar refractivity (Wildman–Crippen MR) is 65.3 cm³/mol. The van der Waals surface area contributed by atoms with Crippen LogP contribution >= 0.6 is 0 Å². The molecule has 0 amide bonds. The first-order valence-electron chi connectivity index (χ1n) is 6.84. The fourth-order valence-electron chi connectivity index (χ4n) is 2.15. The van der Waals surface area contributed by atoms with Gasteiger partial charge in [0.15, 0.2) is 0 Å². The number of hydrogen-bond acceptors (Lipinski definition) is 0. The molecule has 0 saturated heterocycles. The summed E-state index contributed by atoms with van der Waals surface area (Å²) in [6, 6.07) is -2.23. The van der Waals surface area contributed by atoms with Gasteiger partial charge in [-0.15, -0.1) is 0 Å². The van der Waals surface area contributed by atoms with Gasteiger partial charge in [0, 0.05) is 16.7 Å². The van der Waals surface area contributed by atoms with Crippen molar-refractivity contribution in [3.8, 4) is 0 Å². The highest BCUT2D eigenvalue weighted by molar-refractivity contribution is 5.47. The fourth-order valence-corrected chi connectivity index (χ4v) is 2.15. The van der Waals surface area contributed by atoms with Crippen molar-refractivity contribution in [3.05, 3.63) is 41.3 Å². The van der Waals surface area contributed by atoms with Crippen molar-refractivity contribution in [2.75, 3.05) is 0 Å². The van der Waals surface area contributed by atoms with E-state index in [-0.39, 0.29) is 0 Å². The van der Waals surface area contributed by atoms with Gasteiger partial charge in [-0.05, 0) is 31.0 Å². The first kappa shape index (κ1) is 25.2.